The molecule has 4 heteroatoms. The van der Waals surface area contributed by atoms with Crippen molar-refractivity contribution in [2.45, 2.75) is 32.7 Å². The number of aryl methyl sites for hydroxylation is 2. The summed E-state index contributed by atoms with van der Waals surface area (Å²) in [4.78, 5) is 11.2. The highest BCUT2D eigenvalue weighted by atomic mass is 35.5. The van der Waals surface area contributed by atoms with Crippen LogP contribution in [0.4, 0.5) is 0 Å². The highest BCUT2D eigenvalue weighted by Crippen LogP contribution is 2.11. The standard InChI is InChI=1S/C16H19NO2.ClH/c1-13-16(19)15(18)10-12-17(13)11-6-5-9-14-7-3-2-4-8-14;/h2-4,7-8,10,12,19H,5-6,9,11H2,1H3;1H. The van der Waals surface area contributed by atoms with Gasteiger partial charge in [0.2, 0.25) is 5.43 Å². The molecule has 0 amide bonds. The van der Waals surface area contributed by atoms with Crippen LogP contribution in [0, 0.1) is 6.92 Å². The average molecular weight is 294 g/mol. The van der Waals surface area contributed by atoms with Crippen LogP contribution in [0.5, 0.6) is 5.75 Å². The van der Waals surface area contributed by atoms with E-state index in [-0.39, 0.29) is 23.6 Å². The molecule has 2 rings (SSSR count). The quantitative estimate of drug-likeness (QED) is 0.860. The van der Waals surface area contributed by atoms with Crippen LogP contribution in [0.15, 0.2) is 47.4 Å². The summed E-state index contributed by atoms with van der Waals surface area (Å²) in [7, 11) is 0. The Hall–Kier alpha value is -1.74. The Balaban J connectivity index is 0.00000200. The minimum absolute atomic E-state index is 0. The van der Waals surface area contributed by atoms with Crippen molar-refractivity contribution >= 4 is 12.4 Å². The summed E-state index contributed by atoms with van der Waals surface area (Å²) >= 11 is 0. The molecular weight excluding hydrogens is 274 g/mol. The van der Waals surface area contributed by atoms with E-state index in [0.717, 1.165) is 25.8 Å². The Morgan fingerprint density at radius 2 is 1.80 bits per heavy atom. The van der Waals surface area contributed by atoms with E-state index in [9.17, 15) is 9.90 Å². The molecule has 1 N–H and O–H groups in total. The third-order valence-electron chi connectivity index (χ3n) is 3.37. The smallest absolute Gasteiger partial charge is 0.223 e. The van der Waals surface area contributed by atoms with Gasteiger partial charge in [-0.25, -0.2) is 0 Å². The molecule has 0 spiro atoms. The van der Waals surface area contributed by atoms with Crippen molar-refractivity contribution in [1.29, 1.82) is 0 Å². The number of hydrogen-bond acceptors (Lipinski definition) is 2. The topological polar surface area (TPSA) is 42.2 Å². The lowest BCUT2D eigenvalue weighted by Crippen LogP contribution is -2.10. The molecule has 1 aromatic heterocycles. The zero-order valence-electron chi connectivity index (χ0n) is 11.6. The van der Waals surface area contributed by atoms with Crippen molar-refractivity contribution in [1.82, 2.24) is 4.57 Å². The highest BCUT2D eigenvalue weighted by Gasteiger charge is 2.04. The average Bonchev–Trinajstić information content (AvgIpc) is 2.44. The van der Waals surface area contributed by atoms with E-state index in [1.165, 1.54) is 11.6 Å². The van der Waals surface area contributed by atoms with Crippen molar-refractivity contribution in [3.63, 3.8) is 0 Å². The monoisotopic (exact) mass is 293 g/mol. The number of nitrogens with zero attached hydrogens (tertiary/aromatic N) is 1. The Morgan fingerprint density at radius 3 is 2.50 bits per heavy atom. The molecule has 0 saturated carbocycles. The first-order valence-electron chi connectivity index (χ1n) is 6.61. The largest absolute Gasteiger partial charge is 0.503 e. The van der Waals surface area contributed by atoms with E-state index < -0.39 is 0 Å². The number of halogens is 1. The molecule has 1 aromatic carbocycles. The molecular formula is C16H20ClNO2. The molecule has 0 atom stereocenters. The fourth-order valence-corrected chi connectivity index (χ4v) is 2.16. The maximum Gasteiger partial charge on any atom is 0.223 e. The van der Waals surface area contributed by atoms with Gasteiger partial charge >= 0.3 is 0 Å². The highest BCUT2D eigenvalue weighted by molar-refractivity contribution is 5.85. The van der Waals surface area contributed by atoms with E-state index >= 15 is 0 Å². The SMILES string of the molecule is Cc1c(O)c(=O)ccn1CCCCc1ccccc1.Cl. The number of aromatic nitrogens is 1. The van der Waals surface area contributed by atoms with Crippen LogP contribution in [0.3, 0.4) is 0 Å². The summed E-state index contributed by atoms with van der Waals surface area (Å²) in [6.45, 7) is 2.60. The van der Waals surface area contributed by atoms with Gasteiger partial charge in [0.1, 0.15) is 0 Å². The molecule has 0 bridgehead atoms. The second kappa shape index (κ2) is 7.75. The van der Waals surface area contributed by atoms with Crippen LogP contribution in [-0.4, -0.2) is 9.67 Å². The van der Waals surface area contributed by atoms with Gasteiger partial charge in [0.05, 0.1) is 5.69 Å². The Bertz CT molecular complexity index is 593. The lowest BCUT2D eigenvalue weighted by molar-refractivity contribution is 0.450. The number of unbranched alkanes of at least 4 members (excludes halogenated alkanes) is 1. The maximum absolute atomic E-state index is 11.2. The van der Waals surface area contributed by atoms with E-state index in [1.54, 1.807) is 13.1 Å². The summed E-state index contributed by atoms with van der Waals surface area (Å²) in [6, 6.07) is 11.8. The fourth-order valence-electron chi connectivity index (χ4n) is 2.16. The number of pyridine rings is 1. The number of aromatic hydroxyl groups is 1. The van der Waals surface area contributed by atoms with E-state index in [0.29, 0.717) is 5.69 Å². The van der Waals surface area contributed by atoms with Crippen LogP contribution in [0.25, 0.3) is 0 Å². The summed E-state index contributed by atoms with van der Waals surface area (Å²) in [5, 5.41) is 9.59. The van der Waals surface area contributed by atoms with Gasteiger partial charge in [-0.3, -0.25) is 4.79 Å². The normalized spacial score (nSPS) is 10.1. The number of hydrogen-bond donors (Lipinski definition) is 1. The van der Waals surface area contributed by atoms with Gasteiger partial charge in [0.25, 0.3) is 0 Å². The maximum atomic E-state index is 11.2. The van der Waals surface area contributed by atoms with Crippen LogP contribution in [-0.2, 0) is 13.0 Å². The van der Waals surface area contributed by atoms with Gasteiger partial charge in [0, 0.05) is 18.8 Å². The molecule has 108 valence electrons. The molecule has 0 saturated heterocycles. The third-order valence-corrected chi connectivity index (χ3v) is 3.37. The zero-order chi connectivity index (χ0) is 13.7. The molecule has 0 aliphatic carbocycles. The Morgan fingerprint density at radius 1 is 1.10 bits per heavy atom. The predicted molar refractivity (Wildman–Crippen MR) is 83.7 cm³/mol. The van der Waals surface area contributed by atoms with Crippen LogP contribution < -0.4 is 5.43 Å². The predicted octanol–water partition coefficient (Wildman–Crippen LogP) is 3.31. The van der Waals surface area contributed by atoms with Crippen molar-refractivity contribution in [3.05, 3.63) is 64.1 Å². The summed E-state index contributed by atoms with van der Waals surface area (Å²) < 4.78 is 1.93. The lowest BCUT2D eigenvalue weighted by Gasteiger charge is -2.11. The second-order valence-electron chi connectivity index (χ2n) is 4.75. The van der Waals surface area contributed by atoms with E-state index in [1.807, 2.05) is 10.6 Å². The van der Waals surface area contributed by atoms with Crippen LogP contribution in [0.1, 0.15) is 24.1 Å². The minimum atomic E-state index is -0.307. The summed E-state index contributed by atoms with van der Waals surface area (Å²) in [5.74, 6) is -0.134. The van der Waals surface area contributed by atoms with Crippen molar-refractivity contribution in [2.24, 2.45) is 0 Å². The van der Waals surface area contributed by atoms with Crippen LogP contribution in [0.2, 0.25) is 0 Å². The van der Waals surface area contributed by atoms with Crippen molar-refractivity contribution in [2.75, 3.05) is 0 Å². The number of benzene rings is 1. The van der Waals surface area contributed by atoms with E-state index in [2.05, 4.69) is 24.3 Å². The molecule has 0 aliphatic rings. The molecule has 20 heavy (non-hydrogen) atoms. The van der Waals surface area contributed by atoms with Crippen molar-refractivity contribution < 1.29 is 5.11 Å². The molecule has 0 fully saturated rings. The lowest BCUT2D eigenvalue weighted by atomic mass is 10.1. The second-order valence-corrected chi connectivity index (χ2v) is 4.75. The van der Waals surface area contributed by atoms with Crippen molar-refractivity contribution in [3.8, 4) is 5.75 Å². The molecule has 2 aromatic rings. The van der Waals surface area contributed by atoms with Gasteiger partial charge < -0.3 is 9.67 Å². The van der Waals surface area contributed by atoms with Gasteiger partial charge in [-0.05, 0) is 31.7 Å². The summed E-state index contributed by atoms with van der Waals surface area (Å²) in [5.41, 5.74) is 1.69. The first-order valence-corrected chi connectivity index (χ1v) is 6.61. The Labute approximate surface area is 125 Å². The zero-order valence-corrected chi connectivity index (χ0v) is 12.4. The summed E-state index contributed by atoms with van der Waals surface area (Å²) in [6.07, 6.45) is 4.93. The number of rotatable bonds is 5. The first kappa shape index (κ1) is 16.3. The van der Waals surface area contributed by atoms with E-state index in [4.69, 9.17) is 0 Å². The van der Waals surface area contributed by atoms with Gasteiger partial charge in [-0.15, -0.1) is 12.4 Å². The molecule has 0 radical (unpaired) electrons. The Kier molecular flexibility index (Phi) is 6.32. The molecule has 0 aliphatic heterocycles. The minimum Gasteiger partial charge on any atom is -0.503 e. The van der Waals surface area contributed by atoms with Gasteiger partial charge in [0.15, 0.2) is 5.75 Å². The van der Waals surface area contributed by atoms with Gasteiger partial charge in [-0.1, -0.05) is 30.3 Å². The van der Waals surface area contributed by atoms with Crippen LogP contribution >= 0.6 is 12.4 Å². The molecule has 3 nitrogen and oxygen atoms in total. The fraction of sp³-hybridized carbons (Fsp3) is 0.312. The molecule has 0 unspecified atom stereocenters. The third kappa shape index (κ3) is 4.14. The first-order chi connectivity index (χ1) is 9.18. The van der Waals surface area contributed by atoms with Gasteiger partial charge in [-0.2, -0.15) is 0 Å². The molecule has 1 heterocycles.